The number of thiophene rings is 1. The van der Waals surface area contributed by atoms with Crippen LogP contribution in [0.2, 0.25) is 0 Å². The number of ether oxygens (including phenoxy) is 3. The standard InChI is InChI=1S/C14H17NO6S/c1-6-4-7(6)12(16)21-5-8-9(13(17)19-2)11(15)22-10(8)14(18)20-3/h6-7H,4-5,15H2,1-3H3/t6-,7-/m0/s1. The Bertz CT molecular complexity index is 623. The zero-order chi connectivity index (χ0) is 16.4. The molecule has 0 unspecified atom stereocenters. The highest BCUT2D eigenvalue weighted by Gasteiger charge is 2.41. The molecule has 0 radical (unpaired) electrons. The van der Waals surface area contributed by atoms with E-state index < -0.39 is 11.9 Å². The van der Waals surface area contributed by atoms with Crippen molar-refractivity contribution in [2.24, 2.45) is 11.8 Å². The van der Waals surface area contributed by atoms with E-state index in [4.69, 9.17) is 10.5 Å². The highest BCUT2D eigenvalue weighted by atomic mass is 32.1. The molecular formula is C14H17NO6S. The molecule has 0 aromatic carbocycles. The highest BCUT2D eigenvalue weighted by Crippen LogP contribution is 2.39. The Morgan fingerprint density at radius 2 is 1.82 bits per heavy atom. The molecule has 0 bridgehead atoms. The van der Waals surface area contributed by atoms with Crippen molar-refractivity contribution >= 4 is 34.2 Å². The molecule has 1 heterocycles. The number of hydrogen-bond donors (Lipinski definition) is 1. The number of carbonyl (C=O) groups is 3. The fourth-order valence-electron chi connectivity index (χ4n) is 2.11. The van der Waals surface area contributed by atoms with Crippen molar-refractivity contribution in [3.05, 3.63) is 16.0 Å². The van der Waals surface area contributed by atoms with Gasteiger partial charge in [-0.3, -0.25) is 4.79 Å². The van der Waals surface area contributed by atoms with E-state index in [0.29, 0.717) is 5.92 Å². The summed E-state index contributed by atoms with van der Waals surface area (Å²) < 4.78 is 14.5. The van der Waals surface area contributed by atoms with E-state index >= 15 is 0 Å². The Kier molecular flexibility index (Phi) is 4.70. The van der Waals surface area contributed by atoms with Crippen molar-refractivity contribution < 1.29 is 28.6 Å². The van der Waals surface area contributed by atoms with Gasteiger partial charge in [-0.25, -0.2) is 9.59 Å². The third-order valence-corrected chi connectivity index (χ3v) is 4.61. The van der Waals surface area contributed by atoms with Gasteiger partial charge in [0, 0.05) is 5.56 Å². The van der Waals surface area contributed by atoms with Gasteiger partial charge in [0.2, 0.25) is 0 Å². The van der Waals surface area contributed by atoms with Crippen molar-refractivity contribution in [2.45, 2.75) is 20.0 Å². The van der Waals surface area contributed by atoms with Crippen LogP contribution < -0.4 is 5.73 Å². The molecule has 8 heteroatoms. The molecule has 2 N–H and O–H groups in total. The topological polar surface area (TPSA) is 105 Å². The molecule has 120 valence electrons. The van der Waals surface area contributed by atoms with Crippen LogP contribution in [0.25, 0.3) is 0 Å². The maximum atomic E-state index is 11.8. The van der Waals surface area contributed by atoms with Gasteiger partial charge in [0.25, 0.3) is 0 Å². The summed E-state index contributed by atoms with van der Waals surface area (Å²) in [6.45, 7) is 1.74. The van der Waals surface area contributed by atoms with Gasteiger partial charge >= 0.3 is 17.9 Å². The smallest absolute Gasteiger partial charge is 0.348 e. The zero-order valence-corrected chi connectivity index (χ0v) is 13.3. The van der Waals surface area contributed by atoms with Gasteiger partial charge in [-0.05, 0) is 12.3 Å². The van der Waals surface area contributed by atoms with Crippen LogP contribution in [-0.4, -0.2) is 32.1 Å². The molecule has 0 amide bonds. The quantitative estimate of drug-likeness (QED) is 0.647. The Morgan fingerprint density at radius 3 is 2.32 bits per heavy atom. The first-order chi connectivity index (χ1) is 10.4. The average molecular weight is 327 g/mol. The third kappa shape index (κ3) is 3.06. The molecular weight excluding hydrogens is 310 g/mol. The first-order valence-corrected chi connectivity index (χ1v) is 7.46. The van der Waals surface area contributed by atoms with Crippen LogP contribution in [-0.2, 0) is 25.6 Å². The summed E-state index contributed by atoms with van der Waals surface area (Å²) in [4.78, 5) is 35.6. The van der Waals surface area contributed by atoms with Gasteiger partial charge in [0.05, 0.1) is 20.1 Å². The third-order valence-electron chi connectivity index (χ3n) is 3.57. The average Bonchev–Trinajstić information content (AvgIpc) is 3.14. The van der Waals surface area contributed by atoms with E-state index in [9.17, 15) is 14.4 Å². The monoisotopic (exact) mass is 327 g/mol. The summed E-state index contributed by atoms with van der Waals surface area (Å²) in [6, 6.07) is 0. The Hall–Kier alpha value is -2.09. The first-order valence-electron chi connectivity index (χ1n) is 6.65. The fraction of sp³-hybridized carbons (Fsp3) is 0.500. The molecule has 1 aromatic rings. The van der Waals surface area contributed by atoms with Gasteiger partial charge in [-0.15, -0.1) is 11.3 Å². The largest absolute Gasteiger partial charge is 0.465 e. The SMILES string of the molecule is COC(=O)c1sc(N)c(C(=O)OC)c1COC(=O)[C@H]1C[C@@H]1C. The second-order valence-electron chi connectivity index (χ2n) is 5.06. The Morgan fingerprint density at radius 1 is 1.23 bits per heavy atom. The van der Waals surface area contributed by atoms with Gasteiger partial charge < -0.3 is 19.9 Å². The van der Waals surface area contributed by atoms with E-state index in [1.54, 1.807) is 0 Å². The van der Waals surface area contributed by atoms with E-state index in [0.717, 1.165) is 17.8 Å². The maximum Gasteiger partial charge on any atom is 0.348 e. The van der Waals surface area contributed by atoms with Gasteiger partial charge in [0.1, 0.15) is 22.0 Å². The molecule has 7 nitrogen and oxygen atoms in total. The number of nitrogen functional groups attached to an aromatic ring is 1. The van der Waals surface area contributed by atoms with Crippen molar-refractivity contribution in [2.75, 3.05) is 20.0 Å². The lowest BCUT2D eigenvalue weighted by Crippen LogP contribution is -2.13. The minimum Gasteiger partial charge on any atom is -0.465 e. The summed E-state index contributed by atoms with van der Waals surface area (Å²) in [6.07, 6.45) is 0.790. The van der Waals surface area contributed by atoms with Gasteiger partial charge in [0.15, 0.2) is 0 Å². The first kappa shape index (κ1) is 16.3. The maximum absolute atomic E-state index is 11.8. The predicted octanol–water partition coefficient (Wildman–Crippen LogP) is 1.60. The summed E-state index contributed by atoms with van der Waals surface area (Å²) in [5.74, 6) is -1.48. The summed E-state index contributed by atoms with van der Waals surface area (Å²) in [5.41, 5.74) is 6.05. The van der Waals surface area contributed by atoms with E-state index in [1.807, 2.05) is 6.92 Å². The fourth-order valence-corrected chi connectivity index (χ4v) is 3.09. The zero-order valence-electron chi connectivity index (χ0n) is 12.5. The van der Waals surface area contributed by atoms with Gasteiger partial charge in [-0.2, -0.15) is 0 Å². The van der Waals surface area contributed by atoms with E-state index in [-0.39, 0.29) is 39.5 Å². The minimum absolute atomic E-state index is 0.0459. The molecule has 2 atom stereocenters. The van der Waals surface area contributed by atoms with Crippen molar-refractivity contribution in [1.82, 2.24) is 0 Å². The molecule has 0 aliphatic heterocycles. The molecule has 2 rings (SSSR count). The van der Waals surface area contributed by atoms with Crippen LogP contribution in [0.4, 0.5) is 5.00 Å². The molecule has 22 heavy (non-hydrogen) atoms. The Balaban J connectivity index is 2.27. The number of esters is 3. The molecule has 1 saturated carbocycles. The summed E-state index contributed by atoms with van der Waals surface area (Å²) in [7, 11) is 2.43. The number of nitrogens with two attached hydrogens (primary N) is 1. The second-order valence-corrected chi connectivity index (χ2v) is 6.11. The van der Waals surface area contributed by atoms with Crippen LogP contribution >= 0.6 is 11.3 Å². The summed E-state index contributed by atoms with van der Waals surface area (Å²) >= 11 is 0.905. The number of carbonyl (C=O) groups excluding carboxylic acids is 3. The molecule has 1 fully saturated rings. The van der Waals surface area contributed by atoms with Crippen LogP contribution in [0, 0.1) is 11.8 Å². The van der Waals surface area contributed by atoms with Crippen LogP contribution in [0.3, 0.4) is 0 Å². The molecule has 0 saturated heterocycles. The number of anilines is 1. The van der Waals surface area contributed by atoms with E-state index in [1.165, 1.54) is 14.2 Å². The lowest BCUT2D eigenvalue weighted by molar-refractivity contribution is -0.146. The van der Waals surface area contributed by atoms with Crippen molar-refractivity contribution in [1.29, 1.82) is 0 Å². The van der Waals surface area contributed by atoms with Crippen molar-refractivity contribution in [3.63, 3.8) is 0 Å². The normalized spacial score (nSPS) is 19.4. The molecule has 1 aliphatic rings. The molecule has 1 aromatic heterocycles. The Labute approximate surface area is 131 Å². The second kappa shape index (κ2) is 6.35. The lowest BCUT2D eigenvalue weighted by atomic mass is 10.1. The highest BCUT2D eigenvalue weighted by molar-refractivity contribution is 7.18. The predicted molar refractivity (Wildman–Crippen MR) is 78.5 cm³/mol. The van der Waals surface area contributed by atoms with Gasteiger partial charge in [-0.1, -0.05) is 6.92 Å². The number of hydrogen-bond acceptors (Lipinski definition) is 8. The summed E-state index contributed by atoms with van der Waals surface area (Å²) in [5, 5.41) is 0.123. The minimum atomic E-state index is -0.685. The lowest BCUT2D eigenvalue weighted by Gasteiger charge is -2.07. The molecule has 0 spiro atoms. The van der Waals surface area contributed by atoms with Crippen LogP contribution in [0.1, 0.15) is 38.9 Å². The van der Waals surface area contributed by atoms with E-state index in [2.05, 4.69) is 9.47 Å². The van der Waals surface area contributed by atoms with Crippen molar-refractivity contribution in [3.8, 4) is 0 Å². The van der Waals surface area contributed by atoms with Crippen LogP contribution in [0.5, 0.6) is 0 Å². The number of methoxy groups -OCH3 is 2. The number of rotatable bonds is 5. The molecule has 1 aliphatic carbocycles. The van der Waals surface area contributed by atoms with Crippen LogP contribution in [0.15, 0.2) is 0 Å².